The van der Waals surface area contributed by atoms with E-state index in [1.54, 1.807) is 21.0 Å². The van der Waals surface area contributed by atoms with Crippen LogP contribution in [0.5, 0.6) is 0 Å². The summed E-state index contributed by atoms with van der Waals surface area (Å²) in [5.74, 6) is -0.430. The number of rotatable bonds is 5. The topological polar surface area (TPSA) is 62.3 Å². The van der Waals surface area contributed by atoms with Crippen LogP contribution in [0.3, 0.4) is 0 Å². The second-order valence-electron chi connectivity index (χ2n) is 5.49. The van der Waals surface area contributed by atoms with Gasteiger partial charge in [0.15, 0.2) is 5.13 Å². The van der Waals surface area contributed by atoms with Gasteiger partial charge >= 0.3 is 0 Å². The number of nitrogens with zero attached hydrogens (tertiary/aromatic N) is 2. The van der Waals surface area contributed by atoms with Crippen LogP contribution in [-0.4, -0.2) is 35.8 Å². The molecule has 0 bridgehead atoms. The van der Waals surface area contributed by atoms with Gasteiger partial charge in [0.2, 0.25) is 5.91 Å². The van der Waals surface area contributed by atoms with Gasteiger partial charge in [-0.2, -0.15) is 0 Å². The fourth-order valence-electron chi connectivity index (χ4n) is 2.30. The van der Waals surface area contributed by atoms with Gasteiger partial charge in [0.25, 0.3) is 5.91 Å². The van der Waals surface area contributed by atoms with Crippen LogP contribution < -0.4 is 5.32 Å². The number of thiazole rings is 1. The monoisotopic (exact) mass is 331 g/mol. The smallest absolute Gasteiger partial charge is 0.265 e. The summed E-state index contributed by atoms with van der Waals surface area (Å²) in [7, 11) is 3.39. The molecule has 2 amide bonds. The van der Waals surface area contributed by atoms with E-state index in [1.165, 1.54) is 16.2 Å². The maximum Gasteiger partial charge on any atom is 0.265 e. The Morgan fingerprint density at radius 3 is 2.48 bits per heavy atom. The van der Waals surface area contributed by atoms with Gasteiger partial charge in [0.1, 0.15) is 4.88 Å². The first-order chi connectivity index (χ1) is 10.9. The first-order valence-electron chi connectivity index (χ1n) is 7.49. The maximum atomic E-state index is 12.5. The van der Waals surface area contributed by atoms with Gasteiger partial charge < -0.3 is 10.2 Å². The van der Waals surface area contributed by atoms with Gasteiger partial charge in [-0.3, -0.25) is 9.59 Å². The van der Waals surface area contributed by atoms with Crippen LogP contribution >= 0.6 is 11.3 Å². The van der Waals surface area contributed by atoms with E-state index >= 15 is 0 Å². The normalized spacial score (nSPS) is 11.8. The zero-order chi connectivity index (χ0) is 17.0. The Morgan fingerprint density at radius 2 is 1.91 bits per heavy atom. The number of hydrogen-bond acceptors (Lipinski definition) is 4. The SMILES string of the molecule is CCC(C(=O)Nc1nc(C)c(C(=O)N(C)C)s1)c1ccccc1. The summed E-state index contributed by atoms with van der Waals surface area (Å²) < 4.78 is 0. The first-order valence-corrected chi connectivity index (χ1v) is 8.30. The van der Waals surface area contributed by atoms with Crippen molar-refractivity contribution in [3.05, 3.63) is 46.5 Å². The molecule has 0 aliphatic rings. The van der Waals surface area contributed by atoms with E-state index in [-0.39, 0.29) is 17.7 Å². The molecule has 0 fully saturated rings. The highest BCUT2D eigenvalue weighted by Crippen LogP contribution is 2.26. The zero-order valence-corrected chi connectivity index (χ0v) is 14.6. The highest BCUT2D eigenvalue weighted by Gasteiger charge is 2.22. The lowest BCUT2D eigenvalue weighted by Gasteiger charge is -2.14. The Labute approximate surface area is 140 Å². The number of aryl methyl sites for hydroxylation is 1. The van der Waals surface area contributed by atoms with Gasteiger partial charge in [-0.15, -0.1) is 0 Å². The van der Waals surface area contributed by atoms with Gasteiger partial charge in [0.05, 0.1) is 11.6 Å². The van der Waals surface area contributed by atoms with E-state index in [2.05, 4.69) is 10.3 Å². The second-order valence-corrected chi connectivity index (χ2v) is 6.49. The molecule has 0 aliphatic carbocycles. The van der Waals surface area contributed by atoms with Crippen molar-refractivity contribution in [1.82, 2.24) is 9.88 Å². The second kappa shape index (κ2) is 7.37. The molecule has 23 heavy (non-hydrogen) atoms. The molecule has 1 heterocycles. The van der Waals surface area contributed by atoms with Gasteiger partial charge in [0, 0.05) is 14.1 Å². The van der Waals surface area contributed by atoms with E-state index < -0.39 is 0 Å². The third kappa shape index (κ3) is 3.96. The van der Waals surface area contributed by atoms with Crippen LogP contribution in [0.4, 0.5) is 5.13 Å². The Morgan fingerprint density at radius 1 is 1.26 bits per heavy atom. The average molecular weight is 331 g/mol. The number of carbonyl (C=O) groups is 2. The Kier molecular flexibility index (Phi) is 5.50. The molecule has 1 N–H and O–H groups in total. The molecule has 1 aromatic heterocycles. The summed E-state index contributed by atoms with van der Waals surface area (Å²) in [4.78, 5) is 31.0. The minimum absolute atomic E-state index is 0.101. The highest BCUT2D eigenvalue weighted by molar-refractivity contribution is 7.17. The summed E-state index contributed by atoms with van der Waals surface area (Å²) in [6.45, 7) is 3.75. The van der Waals surface area contributed by atoms with Gasteiger partial charge in [-0.25, -0.2) is 4.98 Å². The standard InChI is InChI=1S/C17H21N3O2S/c1-5-13(12-9-7-6-8-10-12)15(21)19-17-18-11(2)14(23-17)16(22)20(3)4/h6-10,13H,5H2,1-4H3,(H,18,19,21). The fourth-order valence-corrected chi connectivity index (χ4v) is 3.29. The first kappa shape index (κ1) is 17.1. The van der Waals surface area contributed by atoms with Crippen molar-refractivity contribution in [2.75, 3.05) is 19.4 Å². The number of anilines is 1. The predicted octanol–water partition coefficient (Wildman–Crippen LogP) is 3.29. The van der Waals surface area contributed by atoms with E-state index in [1.807, 2.05) is 37.3 Å². The van der Waals surface area contributed by atoms with Crippen LogP contribution in [-0.2, 0) is 4.79 Å². The van der Waals surface area contributed by atoms with Crippen LogP contribution in [0, 0.1) is 6.92 Å². The molecular formula is C17H21N3O2S. The molecule has 5 nitrogen and oxygen atoms in total. The third-order valence-corrected chi connectivity index (χ3v) is 4.61. The molecule has 2 rings (SSSR count). The van der Waals surface area contributed by atoms with Crippen molar-refractivity contribution in [2.45, 2.75) is 26.2 Å². The Bertz CT molecular complexity index is 695. The van der Waals surface area contributed by atoms with Crippen LogP contribution in [0.1, 0.15) is 40.2 Å². The highest BCUT2D eigenvalue weighted by atomic mass is 32.1. The number of hydrogen-bond donors (Lipinski definition) is 1. The zero-order valence-electron chi connectivity index (χ0n) is 13.8. The van der Waals surface area contributed by atoms with E-state index in [0.29, 0.717) is 22.1 Å². The van der Waals surface area contributed by atoms with Crippen molar-refractivity contribution < 1.29 is 9.59 Å². The van der Waals surface area contributed by atoms with E-state index in [0.717, 1.165) is 5.56 Å². The molecule has 1 aromatic carbocycles. The molecular weight excluding hydrogens is 310 g/mol. The molecule has 0 saturated heterocycles. The lowest BCUT2D eigenvalue weighted by atomic mass is 9.96. The average Bonchev–Trinajstić information content (AvgIpc) is 2.88. The lowest BCUT2D eigenvalue weighted by molar-refractivity contribution is -0.117. The summed E-state index contributed by atoms with van der Waals surface area (Å²) in [5, 5.41) is 3.31. The van der Waals surface area contributed by atoms with Crippen molar-refractivity contribution >= 4 is 28.3 Å². The minimum Gasteiger partial charge on any atom is -0.344 e. The van der Waals surface area contributed by atoms with Crippen LogP contribution in [0.25, 0.3) is 0 Å². The molecule has 6 heteroatoms. The number of benzene rings is 1. The molecule has 1 atom stereocenters. The van der Waals surface area contributed by atoms with Crippen molar-refractivity contribution in [3.8, 4) is 0 Å². The summed E-state index contributed by atoms with van der Waals surface area (Å²) in [6.07, 6.45) is 0.698. The Hall–Kier alpha value is -2.21. The Balaban J connectivity index is 2.17. The molecule has 2 aromatic rings. The van der Waals surface area contributed by atoms with Gasteiger partial charge in [-0.1, -0.05) is 48.6 Å². The molecule has 0 aliphatic heterocycles. The van der Waals surface area contributed by atoms with Crippen molar-refractivity contribution in [1.29, 1.82) is 0 Å². The molecule has 122 valence electrons. The summed E-state index contributed by atoms with van der Waals surface area (Å²) in [6, 6.07) is 9.67. The molecule has 0 radical (unpaired) electrons. The van der Waals surface area contributed by atoms with Gasteiger partial charge in [-0.05, 0) is 18.9 Å². The summed E-state index contributed by atoms with van der Waals surface area (Å²) in [5.41, 5.74) is 1.61. The predicted molar refractivity (Wildman–Crippen MR) is 93.0 cm³/mol. The maximum absolute atomic E-state index is 12.5. The largest absolute Gasteiger partial charge is 0.344 e. The summed E-state index contributed by atoms with van der Waals surface area (Å²) >= 11 is 1.21. The number of nitrogens with one attached hydrogen (secondary N) is 1. The lowest BCUT2D eigenvalue weighted by Crippen LogP contribution is -2.21. The van der Waals surface area contributed by atoms with E-state index in [4.69, 9.17) is 0 Å². The van der Waals surface area contributed by atoms with Crippen molar-refractivity contribution in [3.63, 3.8) is 0 Å². The van der Waals surface area contributed by atoms with E-state index in [9.17, 15) is 9.59 Å². The van der Waals surface area contributed by atoms with Crippen LogP contribution in [0.15, 0.2) is 30.3 Å². The molecule has 1 unspecified atom stereocenters. The third-order valence-electron chi connectivity index (χ3n) is 3.55. The van der Waals surface area contributed by atoms with Crippen LogP contribution in [0.2, 0.25) is 0 Å². The number of aromatic nitrogens is 1. The molecule has 0 spiro atoms. The molecule has 0 saturated carbocycles. The van der Waals surface area contributed by atoms with Crippen molar-refractivity contribution in [2.24, 2.45) is 0 Å². The quantitative estimate of drug-likeness (QED) is 0.914. The number of carbonyl (C=O) groups excluding carboxylic acids is 2. The number of amides is 2. The fraction of sp³-hybridized carbons (Fsp3) is 0.353. The minimum atomic E-state index is -0.228.